The summed E-state index contributed by atoms with van der Waals surface area (Å²) in [5.41, 5.74) is 6.12. The number of amides is 1. The average Bonchev–Trinajstić information content (AvgIpc) is 2.67. The highest BCUT2D eigenvalue weighted by Gasteiger charge is 2.07. The Bertz CT molecular complexity index is 888. The molecular formula is C22H23N3O. The summed E-state index contributed by atoms with van der Waals surface area (Å²) in [7, 11) is 0. The molecule has 0 unspecified atom stereocenters. The largest absolute Gasteiger partial charge is 0.380 e. The second-order valence-corrected chi connectivity index (χ2v) is 6.41. The smallest absolute Gasteiger partial charge is 0.253 e. The van der Waals surface area contributed by atoms with Crippen LogP contribution in [0.3, 0.4) is 0 Å². The van der Waals surface area contributed by atoms with Crippen LogP contribution in [-0.2, 0) is 13.1 Å². The van der Waals surface area contributed by atoms with Crippen molar-refractivity contribution in [3.05, 3.63) is 94.8 Å². The first kappa shape index (κ1) is 17.7. The molecule has 0 aliphatic carbocycles. The van der Waals surface area contributed by atoms with Gasteiger partial charge in [-0.2, -0.15) is 0 Å². The van der Waals surface area contributed by atoms with Gasteiger partial charge in [-0.05, 0) is 36.6 Å². The minimum Gasteiger partial charge on any atom is -0.380 e. The van der Waals surface area contributed by atoms with Gasteiger partial charge in [0.05, 0.1) is 11.3 Å². The van der Waals surface area contributed by atoms with Crippen LogP contribution in [0, 0.1) is 13.8 Å². The Labute approximate surface area is 154 Å². The van der Waals surface area contributed by atoms with E-state index in [9.17, 15) is 4.79 Å². The molecule has 132 valence electrons. The molecule has 0 atom stereocenters. The molecule has 2 aromatic carbocycles. The van der Waals surface area contributed by atoms with Gasteiger partial charge in [0, 0.05) is 25.5 Å². The van der Waals surface area contributed by atoms with Gasteiger partial charge < -0.3 is 10.6 Å². The first-order valence-corrected chi connectivity index (χ1v) is 8.69. The Morgan fingerprint density at radius 1 is 0.962 bits per heavy atom. The SMILES string of the molecule is Cc1ccc(CNC(=O)c2cncc(NCc3ccccc3C)c2)cc1. The average molecular weight is 345 g/mol. The van der Waals surface area contributed by atoms with Crippen molar-refractivity contribution >= 4 is 11.6 Å². The van der Waals surface area contributed by atoms with E-state index in [2.05, 4.69) is 34.7 Å². The van der Waals surface area contributed by atoms with Crippen LogP contribution in [0.15, 0.2) is 67.0 Å². The lowest BCUT2D eigenvalue weighted by Gasteiger charge is -2.10. The first-order valence-electron chi connectivity index (χ1n) is 8.69. The number of nitrogens with one attached hydrogen (secondary N) is 2. The zero-order valence-electron chi connectivity index (χ0n) is 15.1. The van der Waals surface area contributed by atoms with E-state index < -0.39 is 0 Å². The molecule has 26 heavy (non-hydrogen) atoms. The van der Waals surface area contributed by atoms with Crippen LogP contribution in [0.25, 0.3) is 0 Å². The summed E-state index contributed by atoms with van der Waals surface area (Å²) >= 11 is 0. The van der Waals surface area contributed by atoms with Gasteiger partial charge in [-0.3, -0.25) is 9.78 Å². The molecule has 1 aromatic heterocycles. The molecule has 2 N–H and O–H groups in total. The molecule has 4 nitrogen and oxygen atoms in total. The Balaban J connectivity index is 1.60. The van der Waals surface area contributed by atoms with E-state index in [0.717, 1.165) is 11.3 Å². The van der Waals surface area contributed by atoms with E-state index >= 15 is 0 Å². The summed E-state index contributed by atoms with van der Waals surface area (Å²) in [5.74, 6) is -0.127. The number of aryl methyl sites for hydroxylation is 2. The number of hydrogen-bond acceptors (Lipinski definition) is 3. The van der Waals surface area contributed by atoms with E-state index in [4.69, 9.17) is 0 Å². The molecule has 3 rings (SSSR count). The predicted octanol–water partition coefficient (Wildman–Crippen LogP) is 4.24. The number of pyridine rings is 1. The second kappa shape index (κ2) is 8.30. The number of aromatic nitrogens is 1. The zero-order valence-corrected chi connectivity index (χ0v) is 15.1. The Kier molecular flexibility index (Phi) is 5.64. The highest BCUT2D eigenvalue weighted by atomic mass is 16.1. The van der Waals surface area contributed by atoms with Gasteiger partial charge in [0.1, 0.15) is 0 Å². The van der Waals surface area contributed by atoms with Crippen LogP contribution in [0.2, 0.25) is 0 Å². The van der Waals surface area contributed by atoms with Gasteiger partial charge in [0.25, 0.3) is 5.91 Å². The molecule has 1 heterocycles. The number of benzene rings is 2. The summed E-state index contributed by atoms with van der Waals surface area (Å²) < 4.78 is 0. The summed E-state index contributed by atoms with van der Waals surface area (Å²) in [6.45, 7) is 5.33. The van der Waals surface area contributed by atoms with Gasteiger partial charge >= 0.3 is 0 Å². The number of hydrogen-bond donors (Lipinski definition) is 2. The lowest BCUT2D eigenvalue weighted by atomic mass is 10.1. The first-order chi connectivity index (χ1) is 12.6. The van der Waals surface area contributed by atoms with E-state index in [1.54, 1.807) is 12.4 Å². The van der Waals surface area contributed by atoms with Crippen molar-refractivity contribution in [2.75, 3.05) is 5.32 Å². The molecule has 0 bridgehead atoms. The van der Waals surface area contributed by atoms with Gasteiger partial charge in [-0.25, -0.2) is 0 Å². The van der Waals surface area contributed by atoms with Crippen LogP contribution in [-0.4, -0.2) is 10.9 Å². The van der Waals surface area contributed by atoms with Crippen LogP contribution in [0.4, 0.5) is 5.69 Å². The molecule has 0 aliphatic heterocycles. The number of carbonyl (C=O) groups excluding carboxylic acids is 1. The summed E-state index contributed by atoms with van der Waals surface area (Å²) in [5, 5.41) is 6.27. The van der Waals surface area contributed by atoms with E-state index in [1.165, 1.54) is 16.7 Å². The number of anilines is 1. The number of carbonyl (C=O) groups is 1. The predicted molar refractivity (Wildman–Crippen MR) is 105 cm³/mol. The van der Waals surface area contributed by atoms with Gasteiger partial charge in [0.2, 0.25) is 0 Å². The van der Waals surface area contributed by atoms with E-state index in [-0.39, 0.29) is 5.91 Å². The fourth-order valence-electron chi connectivity index (χ4n) is 2.66. The maximum absolute atomic E-state index is 12.4. The van der Waals surface area contributed by atoms with Crippen molar-refractivity contribution in [3.8, 4) is 0 Å². The van der Waals surface area contributed by atoms with Crippen molar-refractivity contribution in [2.24, 2.45) is 0 Å². The molecule has 0 saturated carbocycles. The maximum Gasteiger partial charge on any atom is 0.253 e. The van der Waals surface area contributed by atoms with Crippen molar-refractivity contribution in [3.63, 3.8) is 0 Å². The highest BCUT2D eigenvalue weighted by molar-refractivity contribution is 5.94. The van der Waals surface area contributed by atoms with Crippen molar-refractivity contribution in [1.29, 1.82) is 0 Å². The standard InChI is InChI=1S/C22H23N3O/c1-16-7-9-18(10-8-16)12-25-22(26)20-11-21(15-23-13-20)24-14-19-6-4-3-5-17(19)2/h3-11,13,15,24H,12,14H2,1-2H3,(H,25,26). The molecular weight excluding hydrogens is 322 g/mol. The molecule has 0 aliphatic rings. The normalized spacial score (nSPS) is 10.4. The Morgan fingerprint density at radius 2 is 1.73 bits per heavy atom. The second-order valence-electron chi connectivity index (χ2n) is 6.41. The molecule has 1 amide bonds. The minimum absolute atomic E-state index is 0.127. The summed E-state index contributed by atoms with van der Waals surface area (Å²) in [6.07, 6.45) is 3.32. The van der Waals surface area contributed by atoms with Crippen molar-refractivity contribution in [2.45, 2.75) is 26.9 Å². The fourth-order valence-corrected chi connectivity index (χ4v) is 2.66. The lowest BCUT2D eigenvalue weighted by molar-refractivity contribution is 0.0950. The summed E-state index contributed by atoms with van der Waals surface area (Å²) in [6, 6.07) is 18.2. The quantitative estimate of drug-likeness (QED) is 0.702. The fraction of sp³-hybridized carbons (Fsp3) is 0.182. The maximum atomic E-state index is 12.4. The van der Waals surface area contributed by atoms with Gasteiger partial charge in [0.15, 0.2) is 0 Å². The zero-order chi connectivity index (χ0) is 18.4. The topological polar surface area (TPSA) is 54.0 Å². The third-order valence-electron chi connectivity index (χ3n) is 4.32. The van der Waals surface area contributed by atoms with Gasteiger partial charge in [-0.15, -0.1) is 0 Å². The van der Waals surface area contributed by atoms with Crippen LogP contribution in [0.5, 0.6) is 0 Å². The van der Waals surface area contributed by atoms with E-state index in [1.807, 2.05) is 49.4 Å². The van der Waals surface area contributed by atoms with Crippen LogP contribution in [0.1, 0.15) is 32.6 Å². The van der Waals surface area contributed by atoms with Crippen LogP contribution < -0.4 is 10.6 Å². The Hall–Kier alpha value is -3.14. The van der Waals surface area contributed by atoms with Crippen molar-refractivity contribution in [1.82, 2.24) is 10.3 Å². The number of rotatable bonds is 6. The number of nitrogens with zero attached hydrogens (tertiary/aromatic N) is 1. The summed E-state index contributed by atoms with van der Waals surface area (Å²) in [4.78, 5) is 16.6. The molecule has 3 aromatic rings. The molecule has 0 spiro atoms. The highest BCUT2D eigenvalue weighted by Crippen LogP contribution is 2.13. The lowest BCUT2D eigenvalue weighted by Crippen LogP contribution is -2.23. The molecule has 4 heteroatoms. The Morgan fingerprint density at radius 3 is 2.50 bits per heavy atom. The third-order valence-corrected chi connectivity index (χ3v) is 4.32. The minimum atomic E-state index is -0.127. The van der Waals surface area contributed by atoms with Gasteiger partial charge in [-0.1, -0.05) is 54.1 Å². The molecule has 0 radical (unpaired) electrons. The monoisotopic (exact) mass is 345 g/mol. The molecule has 0 fully saturated rings. The molecule has 0 saturated heterocycles. The van der Waals surface area contributed by atoms with Crippen LogP contribution >= 0.6 is 0 Å². The van der Waals surface area contributed by atoms with E-state index in [0.29, 0.717) is 18.7 Å². The van der Waals surface area contributed by atoms with Crippen molar-refractivity contribution < 1.29 is 4.79 Å². The third kappa shape index (κ3) is 4.70.